The van der Waals surface area contributed by atoms with Gasteiger partial charge in [0.1, 0.15) is 0 Å². The first-order chi connectivity index (χ1) is 10.7. The number of rotatable bonds is 6. The monoisotopic (exact) mass is 338 g/mol. The van der Waals surface area contributed by atoms with Crippen molar-refractivity contribution >= 4 is 29.7 Å². The number of esters is 1. The van der Waals surface area contributed by atoms with Gasteiger partial charge in [0.25, 0.3) is 5.91 Å². The number of primary amides is 1. The second kappa shape index (κ2) is 8.57. The van der Waals surface area contributed by atoms with Gasteiger partial charge in [0.05, 0.1) is 5.75 Å². The lowest BCUT2D eigenvalue weighted by atomic mass is 10.1. The number of benzene rings is 1. The lowest BCUT2D eigenvalue weighted by Gasteiger charge is -2.19. The molecule has 0 aliphatic heterocycles. The molecule has 0 spiro atoms. The highest BCUT2D eigenvalue weighted by atomic mass is 32.2. The standard InChI is InChI=1S/C16H22N2O4S/c1-9(2)14(15(20)18-16(17)21)22-13(19)8-23-12-7-10(3)5-6-11(12)4/h5-7,9,14H,8H2,1-4H3,(H3,17,18,20,21). The van der Waals surface area contributed by atoms with Crippen molar-refractivity contribution in [2.45, 2.75) is 38.7 Å². The third kappa shape index (κ3) is 6.32. The Kier molecular flexibility index (Phi) is 7.09. The third-order valence-electron chi connectivity index (χ3n) is 3.06. The summed E-state index contributed by atoms with van der Waals surface area (Å²) in [5.41, 5.74) is 7.09. The van der Waals surface area contributed by atoms with Crippen molar-refractivity contribution < 1.29 is 19.1 Å². The zero-order valence-corrected chi connectivity index (χ0v) is 14.5. The summed E-state index contributed by atoms with van der Waals surface area (Å²) in [6.45, 7) is 7.38. The second-order valence-electron chi connectivity index (χ2n) is 5.57. The van der Waals surface area contributed by atoms with Crippen molar-refractivity contribution in [1.29, 1.82) is 0 Å². The van der Waals surface area contributed by atoms with Gasteiger partial charge in [-0.2, -0.15) is 0 Å². The molecule has 6 nitrogen and oxygen atoms in total. The fourth-order valence-electron chi connectivity index (χ4n) is 1.86. The minimum atomic E-state index is -1.05. The molecular weight excluding hydrogens is 316 g/mol. The summed E-state index contributed by atoms with van der Waals surface area (Å²) >= 11 is 1.35. The van der Waals surface area contributed by atoms with E-state index in [1.165, 1.54) is 11.8 Å². The summed E-state index contributed by atoms with van der Waals surface area (Å²) in [4.78, 5) is 35.5. The van der Waals surface area contributed by atoms with Gasteiger partial charge in [0, 0.05) is 4.90 Å². The van der Waals surface area contributed by atoms with Crippen LogP contribution >= 0.6 is 11.8 Å². The van der Waals surface area contributed by atoms with Crippen LogP contribution in [0.15, 0.2) is 23.1 Å². The molecule has 23 heavy (non-hydrogen) atoms. The molecule has 0 radical (unpaired) electrons. The Morgan fingerprint density at radius 3 is 2.48 bits per heavy atom. The van der Waals surface area contributed by atoms with E-state index in [1.54, 1.807) is 13.8 Å². The van der Waals surface area contributed by atoms with Crippen LogP contribution in [0.25, 0.3) is 0 Å². The molecule has 0 aromatic heterocycles. The molecule has 0 heterocycles. The maximum atomic E-state index is 12.0. The number of hydrogen-bond acceptors (Lipinski definition) is 5. The Labute approximate surface area is 140 Å². The van der Waals surface area contributed by atoms with Gasteiger partial charge < -0.3 is 10.5 Å². The van der Waals surface area contributed by atoms with Crippen molar-refractivity contribution in [1.82, 2.24) is 5.32 Å². The van der Waals surface area contributed by atoms with E-state index in [0.29, 0.717) is 0 Å². The predicted octanol–water partition coefficient (Wildman–Crippen LogP) is 2.16. The summed E-state index contributed by atoms with van der Waals surface area (Å²) in [5, 5.41) is 1.94. The average molecular weight is 338 g/mol. The number of carbonyl (C=O) groups is 3. The van der Waals surface area contributed by atoms with Crippen LogP contribution in [0, 0.1) is 19.8 Å². The number of nitrogens with one attached hydrogen (secondary N) is 1. The molecule has 1 aromatic carbocycles. The van der Waals surface area contributed by atoms with Gasteiger partial charge in [0.15, 0.2) is 6.10 Å². The van der Waals surface area contributed by atoms with Gasteiger partial charge in [0.2, 0.25) is 0 Å². The molecular formula is C16H22N2O4S. The van der Waals surface area contributed by atoms with E-state index in [1.807, 2.05) is 37.4 Å². The molecule has 7 heteroatoms. The minimum Gasteiger partial charge on any atom is -0.451 e. The first-order valence-corrected chi connectivity index (χ1v) is 8.19. The number of amides is 3. The quantitative estimate of drug-likeness (QED) is 0.612. The zero-order valence-electron chi connectivity index (χ0n) is 13.7. The van der Waals surface area contributed by atoms with Crippen LogP contribution in [-0.2, 0) is 14.3 Å². The summed E-state index contributed by atoms with van der Waals surface area (Å²) in [7, 11) is 0. The fourth-order valence-corrected chi connectivity index (χ4v) is 2.77. The largest absolute Gasteiger partial charge is 0.451 e. The Bertz CT molecular complexity index is 602. The molecule has 3 N–H and O–H groups in total. The number of nitrogens with two attached hydrogens (primary N) is 1. The SMILES string of the molecule is Cc1ccc(C)c(SCC(=O)OC(C(=O)NC(N)=O)C(C)C)c1. The highest BCUT2D eigenvalue weighted by molar-refractivity contribution is 8.00. The molecule has 1 atom stereocenters. The summed E-state index contributed by atoms with van der Waals surface area (Å²) < 4.78 is 5.19. The number of hydrogen-bond donors (Lipinski definition) is 2. The van der Waals surface area contributed by atoms with E-state index in [0.717, 1.165) is 16.0 Å². The van der Waals surface area contributed by atoms with E-state index in [4.69, 9.17) is 10.5 Å². The molecule has 3 amide bonds. The molecule has 0 saturated heterocycles. The van der Waals surface area contributed by atoms with Gasteiger partial charge >= 0.3 is 12.0 Å². The summed E-state index contributed by atoms with van der Waals surface area (Å²) in [5.74, 6) is -1.42. The van der Waals surface area contributed by atoms with Crippen molar-refractivity contribution in [2.75, 3.05) is 5.75 Å². The first kappa shape index (κ1) is 19.0. The van der Waals surface area contributed by atoms with E-state index in [2.05, 4.69) is 0 Å². The van der Waals surface area contributed by atoms with Crippen molar-refractivity contribution in [2.24, 2.45) is 11.7 Å². The number of imide groups is 1. The smallest absolute Gasteiger partial charge is 0.318 e. The Hall–Kier alpha value is -2.02. The van der Waals surface area contributed by atoms with Gasteiger partial charge in [-0.05, 0) is 31.4 Å². The molecule has 0 saturated carbocycles. The van der Waals surface area contributed by atoms with E-state index >= 15 is 0 Å². The van der Waals surface area contributed by atoms with E-state index in [9.17, 15) is 14.4 Å². The maximum absolute atomic E-state index is 12.0. The van der Waals surface area contributed by atoms with Gasteiger partial charge in [-0.1, -0.05) is 31.5 Å². The van der Waals surface area contributed by atoms with Crippen LogP contribution in [-0.4, -0.2) is 29.8 Å². The van der Waals surface area contributed by atoms with Gasteiger partial charge in [-0.25, -0.2) is 4.79 Å². The summed E-state index contributed by atoms with van der Waals surface area (Å²) in [6, 6.07) is 5.01. The van der Waals surface area contributed by atoms with Crippen LogP contribution in [0.1, 0.15) is 25.0 Å². The molecule has 0 fully saturated rings. The van der Waals surface area contributed by atoms with E-state index in [-0.39, 0.29) is 11.7 Å². The summed E-state index contributed by atoms with van der Waals surface area (Å²) in [6.07, 6.45) is -1.05. The normalized spacial score (nSPS) is 11.9. The Morgan fingerprint density at radius 1 is 1.26 bits per heavy atom. The fraction of sp³-hybridized carbons (Fsp3) is 0.438. The molecule has 1 unspecified atom stereocenters. The number of carbonyl (C=O) groups excluding carboxylic acids is 3. The van der Waals surface area contributed by atoms with E-state index < -0.39 is 24.0 Å². The number of ether oxygens (including phenoxy) is 1. The average Bonchev–Trinajstić information content (AvgIpc) is 2.44. The molecule has 1 rings (SSSR count). The molecule has 126 valence electrons. The highest BCUT2D eigenvalue weighted by Gasteiger charge is 2.27. The minimum absolute atomic E-state index is 0.0807. The van der Waals surface area contributed by atoms with Crippen molar-refractivity contribution in [3.8, 4) is 0 Å². The number of thioether (sulfide) groups is 1. The van der Waals surface area contributed by atoms with Crippen LogP contribution in [0.5, 0.6) is 0 Å². The topological polar surface area (TPSA) is 98.5 Å². The van der Waals surface area contributed by atoms with Crippen molar-refractivity contribution in [3.05, 3.63) is 29.3 Å². The first-order valence-electron chi connectivity index (χ1n) is 7.20. The molecule has 0 bridgehead atoms. The Morgan fingerprint density at radius 2 is 1.91 bits per heavy atom. The lowest BCUT2D eigenvalue weighted by molar-refractivity contribution is -0.155. The second-order valence-corrected chi connectivity index (χ2v) is 6.58. The van der Waals surface area contributed by atoms with Crippen LogP contribution in [0.4, 0.5) is 4.79 Å². The van der Waals surface area contributed by atoms with Crippen molar-refractivity contribution in [3.63, 3.8) is 0 Å². The molecule has 0 aliphatic rings. The molecule has 0 aliphatic carbocycles. The lowest BCUT2D eigenvalue weighted by Crippen LogP contribution is -2.45. The number of aryl methyl sites for hydroxylation is 2. The van der Waals surface area contributed by atoms with Crippen LogP contribution < -0.4 is 11.1 Å². The van der Waals surface area contributed by atoms with Gasteiger partial charge in [-0.3, -0.25) is 14.9 Å². The molecule has 1 aromatic rings. The van der Waals surface area contributed by atoms with Gasteiger partial charge in [-0.15, -0.1) is 11.8 Å². The number of urea groups is 1. The third-order valence-corrected chi connectivity index (χ3v) is 4.19. The van der Waals surface area contributed by atoms with Crippen LogP contribution in [0.2, 0.25) is 0 Å². The zero-order chi connectivity index (χ0) is 17.6. The maximum Gasteiger partial charge on any atom is 0.318 e. The highest BCUT2D eigenvalue weighted by Crippen LogP contribution is 2.24. The van der Waals surface area contributed by atoms with Crippen LogP contribution in [0.3, 0.4) is 0 Å². The predicted molar refractivity (Wildman–Crippen MR) is 89.1 cm³/mol. The Balaban J connectivity index is 2.64.